The molecule has 0 aliphatic heterocycles. The van der Waals surface area contributed by atoms with Gasteiger partial charge in [-0.15, -0.1) is 0 Å². The summed E-state index contributed by atoms with van der Waals surface area (Å²) in [7, 11) is 0. The van der Waals surface area contributed by atoms with Gasteiger partial charge >= 0.3 is 0 Å². The highest BCUT2D eigenvalue weighted by atomic mass is 13.7. The van der Waals surface area contributed by atoms with Gasteiger partial charge in [-0.2, -0.15) is 0 Å². The monoisotopic (exact) mass is 364 g/mol. The van der Waals surface area contributed by atoms with Gasteiger partial charge in [-0.1, -0.05) is 170 Å². The highest BCUT2D eigenvalue weighted by Gasteiger charge is 1.67. The maximum absolute atomic E-state index is 2.00. The minimum absolute atomic E-state index is 2.00. The molecule has 0 aromatic carbocycles. The Hall–Kier alpha value is -3.64. The van der Waals surface area contributed by atoms with Crippen molar-refractivity contribution < 1.29 is 0 Å². The van der Waals surface area contributed by atoms with Crippen LogP contribution >= 0.6 is 0 Å². The van der Waals surface area contributed by atoms with Crippen LogP contribution in [0.3, 0.4) is 0 Å². The van der Waals surface area contributed by atoms with E-state index in [-0.39, 0.29) is 0 Å². The molecule has 0 bridgehead atoms. The van der Waals surface area contributed by atoms with Crippen molar-refractivity contribution in [1.29, 1.82) is 0 Å². The van der Waals surface area contributed by atoms with Crippen LogP contribution in [0.1, 0.15) is 0 Å². The van der Waals surface area contributed by atoms with Crippen LogP contribution in [0, 0.1) is 0 Å². The SMILES string of the molecule is C1=C\C=C/C=C\C=C/C=C\C=C/C=CC=C\C=C/C=C\C=C/C=C\C=C/C=C1. The third kappa shape index (κ3) is 17.2. The van der Waals surface area contributed by atoms with E-state index in [1.807, 2.05) is 170 Å². The first kappa shape index (κ1) is 22.4. The quantitative estimate of drug-likeness (QED) is 0.411. The minimum atomic E-state index is 2.00. The van der Waals surface area contributed by atoms with E-state index >= 15 is 0 Å². The van der Waals surface area contributed by atoms with Crippen molar-refractivity contribution >= 4 is 0 Å². The fourth-order valence-corrected chi connectivity index (χ4v) is 1.80. The average Bonchev–Trinajstić information content (AvgIpc) is 2.71. The normalized spacial score (nSPS) is 27.4. The van der Waals surface area contributed by atoms with Crippen molar-refractivity contribution in [3.8, 4) is 0 Å². The van der Waals surface area contributed by atoms with E-state index < -0.39 is 0 Å². The van der Waals surface area contributed by atoms with Crippen LogP contribution in [0.5, 0.6) is 0 Å². The van der Waals surface area contributed by atoms with E-state index in [9.17, 15) is 0 Å². The van der Waals surface area contributed by atoms with Crippen molar-refractivity contribution in [3.63, 3.8) is 0 Å². The third-order valence-corrected chi connectivity index (χ3v) is 3.11. The van der Waals surface area contributed by atoms with Gasteiger partial charge in [0.05, 0.1) is 0 Å². The molecule has 0 amide bonds. The van der Waals surface area contributed by atoms with Crippen LogP contribution in [0.2, 0.25) is 0 Å². The van der Waals surface area contributed by atoms with Gasteiger partial charge in [-0.05, 0) is 0 Å². The van der Waals surface area contributed by atoms with Gasteiger partial charge < -0.3 is 0 Å². The van der Waals surface area contributed by atoms with Crippen LogP contribution in [0.4, 0.5) is 0 Å². The van der Waals surface area contributed by atoms with Crippen molar-refractivity contribution in [3.05, 3.63) is 170 Å². The van der Waals surface area contributed by atoms with Gasteiger partial charge in [0, 0.05) is 0 Å². The zero-order valence-electron chi connectivity index (χ0n) is 16.2. The van der Waals surface area contributed by atoms with E-state index in [1.165, 1.54) is 0 Å². The van der Waals surface area contributed by atoms with Gasteiger partial charge in [-0.25, -0.2) is 0 Å². The summed E-state index contributed by atoms with van der Waals surface area (Å²) in [6, 6.07) is 0. The van der Waals surface area contributed by atoms with E-state index in [1.54, 1.807) is 0 Å². The van der Waals surface area contributed by atoms with Crippen LogP contribution in [0.25, 0.3) is 0 Å². The molecule has 0 nitrogen and oxygen atoms in total. The maximum Gasteiger partial charge on any atom is -0.0623 e. The average molecular weight is 365 g/mol. The lowest BCUT2D eigenvalue weighted by atomic mass is 10.3. The fraction of sp³-hybridized carbons (Fsp3) is 0. The second-order valence-corrected chi connectivity index (χ2v) is 5.39. The summed E-state index contributed by atoms with van der Waals surface area (Å²) in [5.74, 6) is 0. The molecule has 1 rings (SSSR count). The molecule has 0 spiro atoms. The Kier molecular flexibility index (Phi) is 15.7. The second-order valence-electron chi connectivity index (χ2n) is 5.39. The van der Waals surface area contributed by atoms with Gasteiger partial charge in [0.15, 0.2) is 0 Å². The molecule has 1 aliphatic carbocycles. The zero-order chi connectivity index (χ0) is 19.8. The first-order valence-electron chi connectivity index (χ1n) is 9.33. The van der Waals surface area contributed by atoms with Crippen molar-refractivity contribution in [2.45, 2.75) is 0 Å². The van der Waals surface area contributed by atoms with Gasteiger partial charge in [0.25, 0.3) is 0 Å². The highest BCUT2D eigenvalue weighted by molar-refractivity contribution is 5.25. The molecule has 0 N–H and O–H groups in total. The summed E-state index contributed by atoms with van der Waals surface area (Å²) in [4.78, 5) is 0. The predicted molar refractivity (Wildman–Crippen MR) is 128 cm³/mol. The van der Waals surface area contributed by atoms with Gasteiger partial charge in [0.1, 0.15) is 0 Å². The highest BCUT2D eigenvalue weighted by Crippen LogP contribution is 1.89. The van der Waals surface area contributed by atoms with E-state index in [2.05, 4.69) is 0 Å². The van der Waals surface area contributed by atoms with Crippen LogP contribution in [-0.2, 0) is 0 Å². The fourth-order valence-electron chi connectivity index (χ4n) is 1.80. The molecular formula is C28H28. The molecule has 0 saturated carbocycles. The molecular weight excluding hydrogens is 336 g/mol. The molecule has 0 fully saturated rings. The summed E-state index contributed by atoms with van der Waals surface area (Å²) in [5.41, 5.74) is 0. The maximum atomic E-state index is 2.00. The van der Waals surface area contributed by atoms with Crippen LogP contribution in [-0.4, -0.2) is 0 Å². The lowest BCUT2D eigenvalue weighted by molar-refractivity contribution is 1.81. The largest absolute Gasteiger partial charge is 0.0623 e. The first-order valence-corrected chi connectivity index (χ1v) is 9.33. The molecule has 0 atom stereocenters. The Morgan fingerprint density at radius 3 is 0.143 bits per heavy atom. The molecule has 28 heavy (non-hydrogen) atoms. The summed E-state index contributed by atoms with van der Waals surface area (Å²) in [5, 5.41) is 0. The number of allylic oxidation sites excluding steroid dienone is 28. The Morgan fingerprint density at radius 2 is 0.107 bits per heavy atom. The minimum Gasteiger partial charge on any atom is -0.0623 e. The Bertz CT molecular complexity index is 480. The van der Waals surface area contributed by atoms with E-state index in [0.717, 1.165) is 0 Å². The van der Waals surface area contributed by atoms with Gasteiger partial charge in [-0.3, -0.25) is 0 Å². The topological polar surface area (TPSA) is 0 Å². The third-order valence-electron chi connectivity index (χ3n) is 3.11. The molecule has 0 heterocycles. The van der Waals surface area contributed by atoms with E-state index in [4.69, 9.17) is 0 Å². The summed E-state index contributed by atoms with van der Waals surface area (Å²) >= 11 is 0. The summed E-state index contributed by atoms with van der Waals surface area (Å²) in [6.07, 6.45) is 56.0. The molecule has 1 aliphatic rings. The summed E-state index contributed by atoms with van der Waals surface area (Å²) < 4.78 is 0. The molecule has 0 heteroatoms. The molecule has 0 saturated heterocycles. The van der Waals surface area contributed by atoms with Crippen LogP contribution < -0.4 is 0 Å². The van der Waals surface area contributed by atoms with Crippen LogP contribution in [0.15, 0.2) is 170 Å². The lowest BCUT2D eigenvalue weighted by Gasteiger charge is -1.77. The van der Waals surface area contributed by atoms with E-state index in [0.29, 0.717) is 0 Å². The smallest absolute Gasteiger partial charge is 0.0623 e. The second kappa shape index (κ2) is 19.7. The molecule has 0 radical (unpaired) electrons. The van der Waals surface area contributed by atoms with Crippen molar-refractivity contribution in [1.82, 2.24) is 0 Å². The Labute approximate surface area is 170 Å². The number of hydrogen-bond donors (Lipinski definition) is 0. The lowest BCUT2D eigenvalue weighted by Crippen LogP contribution is -1.55. The zero-order valence-corrected chi connectivity index (χ0v) is 16.2. The number of hydrogen-bond acceptors (Lipinski definition) is 0. The standard InChI is InChI=1S/C28H28/c1-2-4-6-8-10-12-14-16-18-20-22-24-26-28-27-25-23-21-19-17-15-13-11-9-7-5-3-1/h1-28H/b2-1-,3-1?,4-2?,5-3-,6-4-,7-5?,8-6?,9-7-,10-8-,11-9?,12-10?,13-11?,14-12?,15-13?,16-14?,17-15?,18-16?,19-17?,20-18?,21-19-,22-20-,23-21?,24-22?,25-23-,26-24-,27-25?,28-26?,28-27-. The molecule has 0 unspecified atom stereocenters. The molecule has 140 valence electrons. The summed E-state index contributed by atoms with van der Waals surface area (Å²) in [6.45, 7) is 0. The Balaban J connectivity index is 2.67. The van der Waals surface area contributed by atoms with Crippen molar-refractivity contribution in [2.75, 3.05) is 0 Å². The predicted octanol–water partition coefficient (Wildman–Crippen LogP) is 7.79. The molecule has 0 aromatic heterocycles. The Morgan fingerprint density at radius 1 is 0.0714 bits per heavy atom. The number of rotatable bonds is 0. The molecule has 0 aromatic rings. The first-order chi connectivity index (χ1) is 14.0. The van der Waals surface area contributed by atoms with Crippen molar-refractivity contribution in [2.24, 2.45) is 0 Å². The van der Waals surface area contributed by atoms with Gasteiger partial charge in [0.2, 0.25) is 0 Å².